The number of benzene rings is 2. The van der Waals surface area contributed by atoms with Gasteiger partial charge in [0.05, 0.1) is 16.9 Å². The SMILES string of the molecule is CCC(=O)N(c1ccc(-c2ccc(C(=O)NCc3cccnc3C)cn2)cc1)c1ccccc1C. The molecule has 0 atom stereocenters. The fourth-order valence-electron chi connectivity index (χ4n) is 3.85. The number of para-hydroxylation sites is 1. The number of aromatic nitrogens is 2. The zero-order chi connectivity index (χ0) is 24.8. The van der Waals surface area contributed by atoms with E-state index in [9.17, 15) is 9.59 Å². The van der Waals surface area contributed by atoms with E-state index in [1.54, 1.807) is 23.4 Å². The van der Waals surface area contributed by atoms with Gasteiger partial charge in [-0.25, -0.2) is 0 Å². The van der Waals surface area contributed by atoms with Gasteiger partial charge in [-0.3, -0.25) is 24.5 Å². The van der Waals surface area contributed by atoms with Gasteiger partial charge in [0, 0.05) is 42.3 Å². The predicted molar refractivity (Wildman–Crippen MR) is 138 cm³/mol. The molecule has 2 heterocycles. The molecule has 0 unspecified atom stereocenters. The number of hydrogen-bond acceptors (Lipinski definition) is 4. The highest BCUT2D eigenvalue weighted by atomic mass is 16.2. The maximum atomic E-state index is 12.8. The summed E-state index contributed by atoms with van der Waals surface area (Å²) in [6.45, 7) is 6.19. The van der Waals surface area contributed by atoms with Crippen molar-refractivity contribution in [3.8, 4) is 11.3 Å². The molecule has 4 aromatic rings. The minimum atomic E-state index is -0.186. The van der Waals surface area contributed by atoms with Crippen molar-refractivity contribution in [2.24, 2.45) is 0 Å². The van der Waals surface area contributed by atoms with Crippen molar-refractivity contribution in [1.82, 2.24) is 15.3 Å². The molecule has 0 spiro atoms. The first-order valence-corrected chi connectivity index (χ1v) is 11.6. The Morgan fingerprint density at radius 1 is 0.886 bits per heavy atom. The summed E-state index contributed by atoms with van der Waals surface area (Å²) in [5.74, 6) is -0.156. The third-order valence-corrected chi connectivity index (χ3v) is 5.91. The Morgan fingerprint density at radius 3 is 2.31 bits per heavy atom. The van der Waals surface area contributed by atoms with Gasteiger partial charge in [0.2, 0.25) is 5.91 Å². The number of nitrogens with zero attached hydrogens (tertiary/aromatic N) is 3. The van der Waals surface area contributed by atoms with Crippen LogP contribution < -0.4 is 10.2 Å². The van der Waals surface area contributed by atoms with Gasteiger partial charge >= 0.3 is 0 Å². The first-order valence-electron chi connectivity index (χ1n) is 11.6. The maximum absolute atomic E-state index is 12.8. The van der Waals surface area contributed by atoms with Crippen LogP contribution in [0, 0.1) is 13.8 Å². The lowest BCUT2D eigenvalue weighted by atomic mass is 10.1. The number of carbonyl (C=O) groups is 2. The smallest absolute Gasteiger partial charge is 0.253 e. The van der Waals surface area contributed by atoms with Crippen molar-refractivity contribution in [3.63, 3.8) is 0 Å². The van der Waals surface area contributed by atoms with Crippen molar-refractivity contribution >= 4 is 23.2 Å². The van der Waals surface area contributed by atoms with Gasteiger partial charge in [0.1, 0.15) is 0 Å². The largest absolute Gasteiger partial charge is 0.348 e. The molecule has 1 N–H and O–H groups in total. The van der Waals surface area contributed by atoms with E-state index in [-0.39, 0.29) is 11.8 Å². The Labute approximate surface area is 205 Å². The molecule has 0 saturated heterocycles. The Hall–Kier alpha value is -4.32. The first kappa shape index (κ1) is 23.8. The molecule has 2 aromatic carbocycles. The van der Waals surface area contributed by atoms with Crippen LogP contribution in [-0.2, 0) is 11.3 Å². The normalized spacial score (nSPS) is 10.6. The number of anilines is 2. The second kappa shape index (κ2) is 10.7. The minimum absolute atomic E-state index is 0.0296. The van der Waals surface area contributed by atoms with E-state index in [1.165, 1.54) is 0 Å². The first-order chi connectivity index (χ1) is 17.0. The zero-order valence-corrected chi connectivity index (χ0v) is 20.2. The number of aryl methyl sites for hydroxylation is 2. The zero-order valence-electron chi connectivity index (χ0n) is 20.2. The number of amides is 2. The molecule has 4 rings (SSSR count). The van der Waals surface area contributed by atoms with Crippen molar-refractivity contribution in [3.05, 3.63) is 108 Å². The molecule has 0 saturated carbocycles. The lowest BCUT2D eigenvalue weighted by Crippen LogP contribution is -2.25. The molecule has 2 amide bonds. The molecule has 0 bridgehead atoms. The Balaban J connectivity index is 1.49. The second-order valence-corrected chi connectivity index (χ2v) is 8.28. The van der Waals surface area contributed by atoms with E-state index in [0.717, 1.165) is 39.5 Å². The number of nitrogens with one attached hydrogen (secondary N) is 1. The van der Waals surface area contributed by atoms with Crippen LogP contribution in [0.3, 0.4) is 0 Å². The lowest BCUT2D eigenvalue weighted by molar-refractivity contribution is -0.117. The molecular weight excluding hydrogens is 436 g/mol. The molecule has 0 aliphatic carbocycles. The maximum Gasteiger partial charge on any atom is 0.253 e. The molecule has 0 aliphatic rings. The second-order valence-electron chi connectivity index (χ2n) is 8.28. The average Bonchev–Trinajstić information content (AvgIpc) is 2.89. The number of pyridine rings is 2. The van der Waals surface area contributed by atoms with Crippen LogP contribution in [0.25, 0.3) is 11.3 Å². The van der Waals surface area contributed by atoms with Crippen LogP contribution in [-0.4, -0.2) is 21.8 Å². The molecule has 6 nitrogen and oxygen atoms in total. The van der Waals surface area contributed by atoms with E-state index in [4.69, 9.17) is 0 Å². The van der Waals surface area contributed by atoms with Crippen LogP contribution in [0.4, 0.5) is 11.4 Å². The van der Waals surface area contributed by atoms with Crippen LogP contribution in [0.2, 0.25) is 0 Å². The molecule has 35 heavy (non-hydrogen) atoms. The standard InChI is InChI=1S/C29H28N4O2/c1-4-28(34)33(27-10-6-5-8-20(27)2)25-14-11-22(12-15-25)26-16-13-24(19-31-26)29(35)32-18-23-9-7-17-30-21(23)3/h5-17,19H,4,18H2,1-3H3,(H,32,35). The quantitative estimate of drug-likeness (QED) is 0.377. The van der Waals surface area contributed by atoms with Gasteiger partial charge in [0.15, 0.2) is 0 Å². The minimum Gasteiger partial charge on any atom is -0.348 e. The van der Waals surface area contributed by atoms with Crippen molar-refractivity contribution < 1.29 is 9.59 Å². The Kier molecular flexibility index (Phi) is 7.31. The van der Waals surface area contributed by atoms with Crippen molar-refractivity contribution in [2.45, 2.75) is 33.7 Å². The van der Waals surface area contributed by atoms with Gasteiger partial charge in [-0.1, -0.05) is 43.3 Å². The third-order valence-electron chi connectivity index (χ3n) is 5.91. The van der Waals surface area contributed by atoms with E-state index >= 15 is 0 Å². The van der Waals surface area contributed by atoms with Gasteiger partial charge in [-0.05, 0) is 61.4 Å². The third kappa shape index (κ3) is 5.44. The summed E-state index contributed by atoms with van der Waals surface area (Å²) in [6, 6.07) is 23.0. The molecule has 0 radical (unpaired) electrons. The fraction of sp³-hybridized carbons (Fsp3) is 0.172. The summed E-state index contributed by atoms with van der Waals surface area (Å²) in [5, 5.41) is 2.92. The van der Waals surface area contributed by atoms with Gasteiger partial charge in [-0.15, -0.1) is 0 Å². The van der Waals surface area contributed by atoms with E-state index in [1.807, 2.05) is 87.5 Å². The summed E-state index contributed by atoms with van der Waals surface area (Å²) < 4.78 is 0. The molecule has 0 fully saturated rings. The number of carbonyl (C=O) groups excluding carboxylic acids is 2. The summed E-state index contributed by atoms with van der Waals surface area (Å²) in [6.07, 6.45) is 3.72. The van der Waals surface area contributed by atoms with E-state index in [0.29, 0.717) is 18.5 Å². The summed E-state index contributed by atoms with van der Waals surface area (Å²) >= 11 is 0. The monoisotopic (exact) mass is 464 g/mol. The highest BCUT2D eigenvalue weighted by Crippen LogP contribution is 2.30. The van der Waals surface area contributed by atoms with Crippen LogP contribution >= 0.6 is 0 Å². The molecular formula is C29H28N4O2. The van der Waals surface area contributed by atoms with Gasteiger partial charge in [0.25, 0.3) is 5.91 Å². The van der Waals surface area contributed by atoms with Crippen molar-refractivity contribution in [2.75, 3.05) is 4.90 Å². The van der Waals surface area contributed by atoms with Crippen LogP contribution in [0.5, 0.6) is 0 Å². The molecule has 0 aliphatic heterocycles. The summed E-state index contributed by atoms with van der Waals surface area (Å²) in [5.41, 5.74) is 6.73. The van der Waals surface area contributed by atoms with Gasteiger partial charge < -0.3 is 5.32 Å². The topological polar surface area (TPSA) is 75.2 Å². The Morgan fingerprint density at radius 2 is 1.66 bits per heavy atom. The average molecular weight is 465 g/mol. The number of hydrogen-bond donors (Lipinski definition) is 1. The molecule has 6 heteroatoms. The predicted octanol–water partition coefficient (Wildman–Crippen LogP) is 5.77. The van der Waals surface area contributed by atoms with Gasteiger partial charge in [-0.2, -0.15) is 0 Å². The highest BCUT2D eigenvalue weighted by Gasteiger charge is 2.18. The molecule has 2 aromatic heterocycles. The van der Waals surface area contributed by atoms with Crippen molar-refractivity contribution in [1.29, 1.82) is 0 Å². The van der Waals surface area contributed by atoms with E-state index < -0.39 is 0 Å². The lowest BCUT2D eigenvalue weighted by Gasteiger charge is -2.24. The fourth-order valence-corrected chi connectivity index (χ4v) is 3.85. The molecule has 176 valence electrons. The van der Waals surface area contributed by atoms with Crippen LogP contribution in [0.1, 0.15) is 40.5 Å². The van der Waals surface area contributed by atoms with E-state index in [2.05, 4.69) is 15.3 Å². The Bertz CT molecular complexity index is 1330. The summed E-state index contributed by atoms with van der Waals surface area (Å²) in [7, 11) is 0. The van der Waals surface area contributed by atoms with Crippen LogP contribution in [0.15, 0.2) is 85.2 Å². The number of rotatable bonds is 7. The summed E-state index contributed by atoms with van der Waals surface area (Å²) in [4.78, 5) is 35.8. The highest BCUT2D eigenvalue weighted by molar-refractivity contribution is 6.01.